The van der Waals surface area contributed by atoms with Crippen LogP contribution >= 0.6 is 0 Å². The number of halogens is 2. The summed E-state index contributed by atoms with van der Waals surface area (Å²) in [5.74, 6) is -0.0877. The van der Waals surface area contributed by atoms with Crippen LogP contribution in [0.15, 0.2) is 42.5 Å². The second-order valence-corrected chi connectivity index (χ2v) is 5.30. The molecule has 0 saturated carbocycles. The molecular formula is C17H17F2N. The van der Waals surface area contributed by atoms with E-state index in [0.29, 0.717) is 5.92 Å². The van der Waals surface area contributed by atoms with E-state index in [1.807, 2.05) is 6.07 Å². The summed E-state index contributed by atoms with van der Waals surface area (Å²) in [5, 5.41) is 3.32. The van der Waals surface area contributed by atoms with Crippen molar-refractivity contribution in [3.05, 3.63) is 59.7 Å². The van der Waals surface area contributed by atoms with Gasteiger partial charge in [0.25, 0.3) is 0 Å². The molecule has 3 rings (SSSR count). The fraction of sp³-hybridized carbons (Fsp3) is 0.294. The van der Waals surface area contributed by atoms with Crippen LogP contribution in [0.2, 0.25) is 0 Å². The molecule has 0 bridgehead atoms. The molecule has 1 nitrogen and oxygen atoms in total. The Morgan fingerprint density at radius 2 is 1.50 bits per heavy atom. The summed E-state index contributed by atoms with van der Waals surface area (Å²) in [5.41, 5.74) is 2.71. The van der Waals surface area contributed by atoms with Gasteiger partial charge in [0.2, 0.25) is 0 Å². The molecule has 0 unspecified atom stereocenters. The van der Waals surface area contributed by atoms with Crippen molar-refractivity contribution < 1.29 is 8.78 Å². The van der Waals surface area contributed by atoms with Crippen LogP contribution < -0.4 is 5.32 Å². The zero-order valence-electron chi connectivity index (χ0n) is 11.2. The average Bonchev–Trinajstić information content (AvgIpc) is 2.48. The lowest BCUT2D eigenvalue weighted by Gasteiger charge is -2.23. The van der Waals surface area contributed by atoms with Crippen molar-refractivity contribution in [2.75, 3.05) is 13.1 Å². The van der Waals surface area contributed by atoms with Crippen LogP contribution in [0.4, 0.5) is 8.78 Å². The maximum absolute atomic E-state index is 13.9. The van der Waals surface area contributed by atoms with Crippen LogP contribution in [0.5, 0.6) is 0 Å². The minimum atomic E-state index is -0.274. The molecule has 0 radical (unpaired) electrons. The number of hydrogen-bond donors (Lipinski definition) is 1. The first-order chi connectivity index (χ1) is 9.72. The molecule has 20 heavy (non-hydrogen) atoms. The summed E-state index contributed by atoms with van der Waals surface area (Å²) in [6, 6.07) is 11.4. The van der Waals surface area contributed by atoms with Crippen LogP contribution in [0.1, 0.15) is 24.3 Å². The van der Waals surface area contributed by atoms with Gasteiger partial charge in [0.05, 0.1) is 0 Å². The Morgan fingerprint density at radius 1 is 0.800 bits per heavy atom. The van der Waals surface area contributed by atoms with Gasteiger partial charge < -0.3 is 5.32 Å². The van der Waals surface area contributed by atoms with Crippen LogP contribution in [0, 0.1) is 11.6 Å². The highest BCUT2D eigenvalue weighted by Gasteiger charge is 2.16. The van der Waals surface area contributed by atoms with Crippen molar-refractivity contribution in [2.45, 2.75) is 18.8 Å². The Kier molecular flexibility index (Phi) is 3.79. The van der Waals surface area contributed by atoms with E-state index in [2.05, 4.69) is 5.32 Å². The maximum atomic E-state index is 13.9. The van der Waals surface area contributed by atoms with Crippen LogP contribution in [-0.2, 0) is 0 Å². The highest BCUT2D eigenvalue weighted by Crippen LogP contribution is 2.30. The topological polar surface area (TPSA) is 12.0 Å². The predicted molar refractivity (Wildman–Crippen MR) is 76.6 cm³/mol. The molecule has 0 atom stereocenters. The van der Waals surface area contributed by atoms with E-state index >= 15 is 0 Å². The number of nitrogens with one attached hydrogen (secondary N) is 1. The lowest BCUT2D eigenvalue weighted by molar-refractivity contribution is 0.458. The fourth-order valence-electron chi connectivity index (χ4n) is 2.81. The molecule has 0 spiro atoms. The second kappa shape index (κ2) is 5.71. The van der Waals surface area contributed by atoms with E-state index in [9.17, 15) is 8.78 Å². The molecule has 0 aliphatic carbocycles. The number of hydrogen-bond acceptors (Lipinski definition) is 1. The molecule has 104 valence electrons. The molecule has 0 amide bonds. The van der Waals surface area contributed by atoms with Crippen molar-refractivity contribution in [3.8, 4) is 11.1 Å². The molecule has 2 aromatic rings. The molecule has 1 saturated heterocycles. The van der Waals surface area contributed by atoms with E-state index in [1.165, 1.54) is 18.2 Å². The molecule has 1 heterocycles. The van der Waals surface area contributed by atoms with Crippen LogP contribution in [0.25, 0.3) is 11.1 Å². The van der Waals surface area contributed by atoms with Gasteiger partial charge in [0, 0.05) is 0 Å². The summed E-state index contributed by atoms with van der Waals surface area (Å²) in [4.78, 5) is 0. The standard InChI is InChI=1S/C17H17F2N/c18-16-3-1-12(2-4-16)14-9-15(11-17(19)10-14)13-5-7-20-8-6-13/h1-4,9-11,13,20H,5-8H2. The van der Waals surface area contributed by atoms with Gasteiger partial charge in [-0.1, -0.05) is 18.2 Å². The summed E-state index contributed by atoms with van der Waals surface area (Å²) in [7, 11) is 0. The minimum Gasteiger partial charge on any atom is -0.317 e. The summed E-state index contributed by atoms with van der Waals surface area (Å²) in [6.07, 6.45) is 2.07. The van der Waals surface area contributed by atoms with Crippen LogP contribution in [0.3, 0.4) is 0 Å². The molecule has 1 aliphatic rings. The normalized spacial score (nSPS) is 16.3. The zero-order chi connectivity index (χ0) is 13.9. The van der Waals surface area contributed by atoms with E-state index in [4.69, 9.17) is 0 Å². The van der Waals surface area contributed by atoms with Gasteiger partial charge in [-0.2, -0.15) is 0 Å². The molecule has 0 aromatic heterocycles. The van der Waals surface area contributed by atoms with Crippen molar-refractivity contribution in [3.63, 3.8) is 0 Å². The monoisotopic (exact) mass is 273 g/mol. The van der Waals surface area contributed by atoms with Gasteiger partial charge in [-0.25, -0.2) is 8.78 Å². The molecular weight excluding hydrogens is 256 g/mol. The number of rotatable bonds is 2. The van der Waals surface area contributed by atoms with Gasteiger partial charge in [0.15, 0.2) is 0 Å². The first-order valence-electron chi connectivity index (χ1n) is 6.99. The zero-order valence-corrected chi connectivity index (χ0v) is 11.2. The Hall–Kier alpha value is -1.74. The quantitative estimate of drug-likeness (QED) is 0.868. The highest BCUT2D eigenvalue weighted by atomic mass is 19.1. The fourth-order valence-corrected chi connectivity index (χ4v) is 2.81. The molecule has 1 aliphatic heterocycles. The van der Waals surface area contributed by atoms with Gasteiger partial charge in [-0.3, -0.25) is 0 Å². The number of piperidine rings is 1. The lowest BCUT2D eigenvalue weighted by atomic mass is 9.88. The predicted octanol–water partition coefficient (Wildman–Crippen LogP) is 4.10. The number of benzene rings is 2. The summed E-state index contributed by atoms with van der Waals surface area (Å²) >= 11 is 0. The van der Waals surface area contributed by atoms with Crippen molar-refractivity contribution in [1.82, 2.24) is 5.32 Å². The smallest absolute Gasteiger partial charge is 0.124 e. The third kappa shape index (κ3) is 2.88. The maximum Gasteiger partial charge on any atom is 0.124 e. The SMILES string of the molecule is Fc1ccc(-c2cc(F)cc(C3CCNCC3)c2)cc1. The Bertz CT molecular complexity index is 586. The minimum absolute atomic E-state index is 0.222. The summed E-state index contributed by atoms with van der Waals surface area (Å²) in [6.45, 7) is 1.96. The van der Waals surface area contributed by atoms with Gasteiger partial charge >= 0.3 is 0 Å². The van der Waals surface area contributed by atoms with E-state index in [0.717, 1.165) is 42.6 Å². The van der Waals surface area contributed by atoms with Gasteiger partial charge in [0.1, 0.15) is 11.6 Å². The lowest BCUT2D eigenvalue weighted by Crippen LogP contribution is -2.26. The first-order valence-corrected chi connectivity index (χ1v) is 6.99. The van der Waals surface area contributed by atoms with Crippen molar-refractivity contribution >= 4 is 0 Å². The Morgan fingerprint density at radius 3 is 2.20 bits per heavy atom. The van der Waals surface area contributed by atoms with Crippen LogP contribution in [-0.4, -0.2) is 13.1 Å². The largest absolute Gasteiger partial charge is 0.317 e. The molecule has 1 N–H and O–H groups in total. The molecule has 2 aromatic carbocycles. The van der Waals surface area contributed by atoms with E-state index < -0.39 is 0 Å². The Labute approximate surface area is 117 Å². The van der Waals surface area contributed by atoms with E-state index in [1.54, 1.807) is 18.2 Å². The third-order valence-electron chi connectivity index (χ3n) is 3.91. The van der Waals surface area contributed by atoms with Crippen molar-refractivity contribution in [1.29, 1.82) is 0 Å². The second-order valence-electron chi connectivity index (χ2n) is 5.30. The first kappa shape index (κ1) is 13.3. The van der Waals surface area contributed by atoms with E-state index in [-0.39, 0.29) is 11.6 Å². The molecule has 3 heteroatoms. The van der Waals surface area contributed by atoms with Gasteiger partial charge in [-0.05, 0) is 72.8 Å². The average molecular weight is 273 g/mol. The van der Waals surface area contributed by atoms with Crippen molar-refractivity contribution in [2.24, 2.45) is 0 Å². The third-order valence-corrected chi connectivity index (χ3v) is 3.91. The Balaban J connectivity index is 1.95. The highest BCUT2D eigenvalue weighted by molar-refractivity contribution is 5.64. The summed E-state index contributed by atoms with van der Waals surface area (Å²) < 4.78 is 26.8. The van der Waals surface area contributed by atoms with Gasteiger partial charge in [-0.15, -0.1) is 0 Å². The molecule has 1 fully saturated rings.